The lowest BCUT2D eigenvalue weighted by molar-refractivity contribution is 0.254. The highest BCUT2D eigenvalue weighted by Gasteiger charge is 2.33. The zero-order valence-electron chi connectivity index (χ0n) is 7.87. The number of aromatic nitrogens is 2. The van der Waals surface area contributed by atoms with E-state index in [9.17, 15) is 0 Å². The molecule has 1 fully saturated rings. The van der Waals surface area contributed by atoms with E-state index in [1.54, 1.807) is 6.33 Å². The van der Waals surface area contributed by atoms with Gasteiger partial charge in [0.2, 0.25) is 0 Å². The standard InChI is InChI=1S/C8H14N4S/c1-6-3-9-4-8(2,12-6)7-10-5-11-13-7/h5-6,9,12H,3-4H2,1-2H3. The summed E-state index contributed by atoms with van der Waals surface area (Å²) < 4.78 is 4.03. The summed E-state index contributed by atoms with van der Waals surface area (Å²) in [6, 6.07) is 0.489. The van der Waals surface area contributed by atoms with Crippen molar-refractivity contribution in [2.75, 3.05) is 13.1 Å². The lowest BCUT2D eigenvalue weighted by atomic mass is 9.99. The van der Waals surface area contributed by atoms with Crippen LogP contribution in [0.3, 0.4) is 0 Å². The Labute approximate surface area is 81.9 Å². The van der Waals surface area contributed by atoms with Gasteiger partial charge in [-0.3, -0.25) is 0 Å². The van der Waals surface area contributed by atoms with Crippen LogP contribution in [0.25, 0.3) is 0 Å². The van der Waals surface area contributed by atoms with E-state index >= 15 is 0 Å². The molecule has 1 aromatic heterocycles. The quantitative estimate of drug-likeness (QED) is 0.683. The van der Waals surface area contributed by atoms with Gasteiger partial charge in [-0.2, -0.15) is 4.37 Å². The molecule has 2 N–H and O–H groups in total. The highest BCUT2D eigenvalue weighted by Crippen LogP contribution is 2.22. The molecular weight excluding hydrogens is 184 g/mol. The molecule has 1 aliphatic rings. The van der Waals surface area contributed by atoms with Crippen molar-refractivity contribution in [1.82, 2.24) is 20.0 Å². The number of rotatable bonds is 1. The van der Waals surface area contributed by atoms with Crippen molar-refractivity contribution in [3.63, 3.8) is 0 Å². The molecule has 72 valence electrons. The maximum absolute atomic E-state index is 4.25. The molecule has 1 saturated heterocycles. The van der Waals surface area contributed by atoms with Gasteiger partial charge in [0.05, 0.1) is 5.54 Å². The molecule has 0 saturated carbocycles. The molecule has 0 radical (unpaired) electrons. The van der Waals surface area contributed by atoms with Crippen LogP contribution in [-0.2, 0) is 5.54 Å². The third-order valence-corrected chi connectivity index (χ3v) is 3.26. The summed E-state index contributed by atoms with van der Waals surface area (Å²) in [7, 11) is 0. The van der Waals surface area contributed by atoms with E-state index in [0.717, 1.165) is 18.1 Å². The minimum atomic E-state index is -0.0428. The van der Waals surface area contributed by atoms with Crippen LogP contribution in [-0.4, -0.2) is 28.5 Å². The lowest BCUT2D eigenvalue weighted by Gasteiger charge is -2.37. The summed E-state index contributed by atoms with van der Waals surface area (Å²) >= 11 is 1.47. The summed E-state index contributed by atoms with van der Waals surface area (Å²) in [5.74, 6) is 0. The molecule has 2 heterocycles. The van der Waals surface area contributed by atoms with Crippen molar-refractivity contribution in [3.05, 3.63) is 11.3 Å². The number of hydrogen-bond donors (Lipinski definition) is 2. The third kappa shape index (κ3) is 1.72. The summed E-state index contributed by atoms with van der Waals surface area (Å²) in [6.45, 7) is 6.28. The van der Waals surface area contributed by atoms with Crippen LogP contribution in [0.5, 0.6) is 0 Å². The monoisotopic (exact) mass is 198 g/mol. The highest BCUT2D eigenvalue weighted by atomic mass is 32.1. The van der Waals surface area contributed by atoms with Crippen molar-refractivity contribution in [1.29, 1.82) is 0 Å². The number of nitrogens with one attached hydrogen (secondary N) is 2. The largest absolute Gasteiger partial charge is 0.313 e. The Bertz CT molecular complexity index is 274. The fourth-order valence-electron chi connectivity index (χ4n) is 1.74. The normalized spacial score (nSPS) is 34.8. The zero-order valence-corrected chi connectivity index (χ0v) is 8.69. The van der Waals surface area contributed by atoms with E-state index in [0.29, 0.717) is 6.04 Å². The number of piperazine rings is 1. The molecule has 2 atom stereocenters. The van der Waals surface area contributed by atoms with Gasteiger partial charge in [-0.1, -0.05) is 0 Å². The molecule has 0 aliphatic carbocycles. The van der Waals surface area contributed by atoms with Crippen molar-refractivity contribution < 1.29 is 0 Å². The van der Waals surface area contributed by atoms with Crippen LogP contribution in [0.4, 0.5) is 0 Å². The van der Waals surface area contributed by atoms with Gasteiger partial charge in [0, 0.05) is 19.1 Å². The topological polar surface area (TPSA) is 49.8 Å². The van der Waals surface area contributed by atoms with Gasteiger partial charge in [-0.05, 0) is 25.4 Å². The summed E-state index contributed by atoms with van der Waals surface area (Å²) in [6.07, 6.45) is 1.62. The Hall–Kier alpha value is -0.520. The van der Waals surface area contributed by atoms with E-state index in [4.69, 9.17) is 0 Å². The van der Waals surface area contributed by atoms with Crippen molar-refractivity contribution in [2.24, 2.45) is 0 Å². The molecular formula is C8H14N4S. The molecule has 2 unspecified atom stereocenters. The van der Waals surface area contributed by atoms with Gasteiger partial charge in [0.25, 0.3) is 0 Å². The van der Waals surface area contributed by atoms with Gasteiger partial charge < -0.3 is 10.6 Å². The van der Waals surface area contributed by atoms with Crippen molar-refractivity contribution in [3.8, 4) is 0 Å². The summed E-state index contributed by atoms with van der Waals surface area (Å²) in [5.41, 5.74) is -0.0428. The third-order valence-electron chi connectivity index (χ3n) is 2.33. The smallest absolute Gasteiger partial charge is 0.134 e. The van der Waals surface area contributed by atoms with Crippen molar-refractivity contribution >= 4 is 11.5 Å². The second kappa shape index (κ2) is 3.32. The summed E-state index contributed by atoms with van der Waals surface area (Å²) in [4.78, 5) is 4.25. The Morgan fingerprint density at radius 3 is 3.15 bits per heavy atom. The average Bonchev–Trinajstić information content (AvgIpc) is 2.55. The van der Waals surface area contributed by atoms with Crippen LogP contribution >= 0.6 is 11.5 Å². The molecule has 13 heavy (non-hydrogen) atoms. The second-order valence-electron chi connectivity index (χ2n) is 3.75. The van der Waals surface area contributed by atoms with Gasteiger partial charge in [-0.15, -0.1) is 0 Å². The van der Waals surface area contributed by atoms with Crippen LogP contribution in [0.1, 0.15) is 18.9 Å². The fraction of sp³-hybridized carbons (Fsp3) is 0.750. The fourth-order valence-corrected chi connectivity index (χ4v) is 2.36. The first-order valence-corrected chi connectivity index (χ1v) is 5.24. The van der Waals surface area contributed by atoms with E-state index in [1.807, 2.05) is 0 Å². The Morgan fingerprint density at radius 1 is 1.69 bits per heavy atom. The predicted octanol–water partition coefficient (Wildman–Crippen LogP) is 0.335. The second-order valence-corrected chi connectivity index (χ2v) is 4.53. The molecule has 0 aromatic carbocycles. The molecule has 4 nitrogen and oxygen atoms in total. The molecule has 2 rings (SSSR count). The number of nitrogens with zero attached hydrogens (tertiary/aromatic N) is 2. The predicted molar refractivity (Wildman–Crippen MR) is 52.7 cm³/mol. The first-order chi connectivity index (χ1) is 6.21. The molecule has 1 aliphatic heterocycles. The minimum absolute atomic E-state index is 0.0428. The lowest BCUT2D eigenvalue weighted by Crippen LogP contribution is -2.59. The first kappa shape index (κ1) is 9.05. The zero-order chi connectivity index (χ0) is 9.31. The Morgan fingerprint density at radius 2 is 2.54 bits per heavy atom. The minimum Gasteiger partial charge on any atom is -0.313 e. The molecule has 0 amide bonds. The molecule has 5 heteroatoms. The molecule has 1 aromatic rings. The maximum atomic E-state index is 4.25. The van der Waals surface area contributed by atoms with Crippen molar-refractivity contribution in [2.45, 2.75) is 25.4 Å². The van der Waals surface area contributed by atoms with E-state index in [-0.39, 0.29) is 5.54 Å². The molecule has 0 bridgehead atoms. The van der Waals surface area contributed by atoms with Crippen LogP contribution < -0.4 is 10.6 Å². The SMILES string of the molecule is CC1CNCC(C)(c2ncns2)N1. The maximum Gasteiger partial charge on any atom is 0.134 e. The van der Waals surface area contributed by atoms with E-state index < -0.39 is 0 Å². The van der Waals surface area contributed by atoms with Gasteiger partial charge >= 0.3 is 0 Å². The van der Waals surface area contributed by atoms with Gasteiger partial charge in [0.1, 0.15) is 11.3 Å². The average molecular weight is 198 g/mol. The summed E-state index contributed by atoms with van der Waals surface area (Å²) in [5, 5.41) is 7.99. The van der Waals surface area contributed by atoms with E-state index in [2.05, 4.69) is 33.8 Å². The van der Waals surface area contributed by atoms with Gasteiger partial charge in [-0.25, -0.2) is 4.98 Å². The Balaban J connectivity index is 2.20. The molecule has 0 spiro atoms. The van der Waals surface area contributed by atoms with Crippen LogP contribution in [0.2, 0.25) is 0 Å². The highest BCUT2D eigenvalue weighted by molar-refractivity contribution is 7.05. The van der Waals surface area contributed by atoms with E-state index in [1.165, 1.54) is 11.5 Å². The first-order valence-electron chi connectivity index (χ1n) is 4.46. The number of hydrogen-bond acceptors (Lipinski definition) is 5. The van der Waals surface area contributed by atoms with Crippen LogP contribution in [0, 0.1) is 0 Å². The van der Waals surface area contributed by atoms with Gasteiger partial charge in [0.15, 0.2) is 0 Å². The van der Waals surface area contributed by atoms with Crippen LogP contribution in [0.15, 0.2) is 6.33 Å². The Kier molecular flexibility index (Phi) is 2.31.